The Morgan fingerprint density at radius 1 is 1.25 bits per heavy atom. The Kier molecular flexibility index (Phi) is 21.8. The summed E-state index contributed by atoms with van der Waals surface area (Å²) >= 11 is 7.38. The summed E-state index contributed by atoms with van der Waals surface area (Å²) in [5.74, 6) is 0. The molecule has 0 aromatic rings. The average molecular weight is 431 g/mol. The fourth-order valence-electron chi connectivity index (χ4n) is 0. The van der Waals surface area contributed by atoms with E-state index in [1.807, 2.05) is 0 Å². The first-order chi connectivity index (χ1) is 1.41. The molecule has 0 rings (SSSR count). The molecule has 4 heteroatoms. The van der Waals surface area contributed by atoms with E-state index in [1.54, 1.807) is 0 Å². The van der Waals surface area contributed by atoms with Crippen LogP contribution in [0.2, 0.25) is 0 Å². The Labute approximate surface area is 65.8 Å². The SMILES string of the molecule is [Br][Cu][Br].[Pb]. The monoisotopic (exact) mass is 429 g/mol. The van der Waals surface area contributed by atoms with Crippen molar-refractivity contribution in [3.8, 4) is 0 Å². The Bertz CT molecular complexity index is 6.00. The van der Waals surface area contributed by atoms with Gasteiger partial charge < -0.3 is 0 Å². The molecule has 4 heavy (non-hydrogen) atoms. The number of hydrogen-bond acceptors (Lipinski definition) is 0. The van der Waals surface area contributed by atoms with E-state index in [9.17, 15) is 0 Å². The van der Waals surface area contributed by atoms with Crippen molar-refractivity contribution in [2.75, 3.05) is 0 Å². The summed E-state index contributed by atoms with van der Waals surface area (Å²) in [6.07, 6.45) is 0. The van der Waals surface area contributed by atoms with Crippen molar-refractivity contribution in [1.82, 2.24) is 0 Å². The summed E-state index contributed by atoms with van der Waals surface area (Å²) in [4.78, 5) is 0. The van der Waals surface area contributed by atoms with Gasteiger partial charge in [0.15, 0.2) is 0 Å². The third-order valence-electron chi connectivity index (χ3n) is 0. The first kappa shape index (κ1) is 9.64. The predicted molar refractivity (Wildman–Crippen MR) is 23.6 cm³/mol. The Hall–Kier alpha value is 2.40. The molecule has 0 fully saturated rings. The molecule has 0 spiro atoms. The van der Waals surface area contributed by atoms with Crippen molar-refractivity contribution in [2.24, 2.45) is 0 Å². The van der Waals surface area contributed by atoms with E-state index < -0.39 is 0 Å². The molecule has 0 heterocycles. The van der Waals surface area contributed by atoms with Crippen LogP contribution in [0, 0.1) is 0 Å². The third kappa shape index (κ3) is 8.83. The Morgan fingerprint density at radius 2 is 1.25 bits per heavy atom. The van der Waals surface area contributed by atoms with Crippen LogP contribution in [0.5, 0.6) is 0 Å². The number of halogens is 2. The second-order valence-corrected chi connectivity index (χ2v) is 4.80. The van der Waals surface area contributed by atoms with Gasteiger partial charge in [-0.25, -0.2) is 0 Å². The van der Waals surface area contributed by atoms with Gasteiger partial charge in [0.05, 0.1) is 0 Å². The van der Waals surface area contributed by atoms with Gasteiger partial charge >= 0.3 is 39.6 Å². The van der Waals surface area contributed by atoms with Crippen LogP contribution >= 0.6 is 28.2 Å². The second-order valence-electron chi connectivity index (χ2n) is 0.0431. The van der Waals surface area contributed by atoms with E-state index in [4.69, 9.17) is 0 Å². The molecule has 0 aromatic heterocycles. The maximum Gasteiger partial charge on any atom is 0 e. The average Bonchev–Trinajstić information content (AvgIpc) is 0.918. The zero-order valence-corrected chi connectivity index (χ0v) is 9.56. The van der Waals surface area contributed by atoms with Gasteiger partial charge in [-0.05, 0) is 0 Å². The molecule has 0 aliphatic carbocycles. The van der Waals surface area contributed by atoms with Crippen molar-refractivity contribution < 1.29 is 11.3 Å². The van der Waals surface area contributed by atoms with Crippen LogP contribution in [0.15, 0.2) is 0 Å². The van der Waals surface area contributed by atoms with Gasteiger partial charge in [0, 0.05) is 27.3 Å². The third-order valence-corrected chi connectivity index (χ3v) is 0. The van der Waals surface area contributed by atoms with Crippen molar-refractivity contribution in [2.45, 2.75) is 0 Å². The zero-order chi connectivity index (χ0) is 2.71. The van der Waals surface area contributed by atoms with E-state index in [1.165, 1.54) is 11.3 Å². The van der Waals surface area contributed by atoms with E-state index in [0.717, 1.165) is 0 Å². The van der Waals surface area contributed by atoms with Gasteiger partial charge in [0.25, 0.3) is 0 Å². The molecular weight excluding hydrogens is 431 g/mol. The quantitative estimate of drug-likeness (QED) is 0.509. The number of rotatable bonds is 0. The normalized spacial score (nSPS) is 5.50. The van der Waals surface area contributed by atoms with E-state index >= 15 is 0 Å². The van der Waals surface area contributed by atoms with Crippen LogP contribution in [0.1, 0.15) is 0 Å². The van der Waals surface area contributed by atoms with Crippen LogP contribution in [-0.4, -0.2) is 27.3 Å². The largest absolute Gasteiger partial charge is 0 e. The van der Waals surface area contributed by atoms with Gasteiger partial charge in [-0.2, -0.15) is 0 Å². The van der Waals surface area contributed by atoms with Crippen LogP contribution < -0.4 is 0 Å². The standard InChI is InChI=1S/2BrH.Cu.Pb/h2*1H;;/q;;+2;/p-2. The van der Waals surface area contributed by atoms with Crippen molar-refractivity contribution in [3.05, 3.63) is 0 Å². The fourth-order valence-corrected chi connectivity index (χ4v) is 0. The molecule has 0 nitrogen and oxygen atoms in total. The zero-order valence-electron chi connectivity index (χ0n) is 1.56. The Balaban J connectivity index is 0. The van der Waals surface area contributed by atoms with Crippen LogP contribution in [0.4, 0.5) is 0 Å². The van der Waals surface area contributed by atoms with Gasteiger partial charge in [0.2, 0.25) is 0 Å². The maximum absolute atomic E-state index is 2.97. The summed E-state index contributed by atoms with van der Waals surface area (Å²) in [6, 6.07) is 0. The molecule has 0 unspecified atom stereocenters. The van der Waals surface area contributed by atoms with Crippen molar-refractivity contribution in [1.29, 1.82) is 0 Å². The minimum absolute atomic E-state index is 0. The molecule has 4 radical (unpaired) electrons. The van der Waals surface area contributed by atoms with E-state index in [0.29, 0.717) is 0 Å². The summed E-state index contributed by atoms with van der Waals surface area (Å²) < 4.78 is 0. The Morgan fingerprint density at radius 3 is 1.25 bits per heavy atom. The second kappa shape index (κ2) is 9.04. The summed E-state index contributed by atoms with van der Waals surface area (Å²) in [6.45, 7) is 0. The summed E-state index contributed by atoms with van der Waals surface area (Å²) in [5.41, 5.74) is 0. The molecule has 0 atom stereocenters. The summed E-state index contributed by atoms with van der Waals surface area (Å²) in [5, 5.41) is 0. The first-order valence-electron chi connectivity index (χ1n) is 0.228. The molecule has 29 valence electrons. The van der Waals surface area contributed by atoms with Crippen LogP contribution in [0.3, 0.4) is 0 Å². The van der Waals surface area contributed by atoms with E-state index in [-0.39, 0.29) is 27.3 Å². The van der Waals surface area contributed by atoms with Gasteiger partial charge in [-0.15, -0.1) is 0 Å². The summed E-state index contributed by atoms with van der Waals surface area (Å²) in [7, 11) is 0. The molecule has 0 N–H and O–H groups in total. The van der Waals surface area contributed by atoms with Crippen LogP contribution in [-0.2, 0) is 11.3 Å². The van der Waals surface area contributed by atoms with Gasteiger partial charge in [0.1, 0.15) is 0 Å². The molecule has 0 aromatic carbocycles. The minimum Gasteiger partial charge on any atom is 0 e. The van der Waals surface area contributed by atoms with Crippen molar-refractivity contribution in [3.63, 3.8) is 0 Å². The maximum atomic E-state index is 2.97. The molecular formula is Br2CuPb. The molecule has 0 aliphatic rings. The van der Waals surface area contributed by atoms with Gasteiger partial charge in [-0.1, -0.05) is 0 Å². The molecule has 0 saturated carbocycles. The predicted octanol–water partition coefficient (Wildman–Crippen LogP) is 1.31. The number of hydrogen-bond donors (Lipinski definition) is 0. The molecule has 0 amide bonds. The molecule has 0 aliphatic heterocycles. The van der Waals surface area contributed by atoms with E-state index in [2.05, 4.69) is 28.2 Å². The van der Waals surface area contributed by atoms with Crippen LogP contribution in [0.25, 0.3) is 0 Å². The van der Waals surface area contributed by atoms with Gasteiger partial charge in [-0.3, -0.25) is 0 Å². The van der Waals surface area contributed by atoms with Crippen molar-refractivity contribution >= 4 is 55.5 Å². The fraction of sp³-hybridized carbons (Fsp3) is 0. The topological polar surface area (TPSA) is 0 Å². The molecule has 0 bridgehead atoms. The molecule has 0 saturated heterocycles. The smallest absolute Gasteiger partial charge is 0 e. The first-order valence-corrected chi connectivity index (χ1v) is 4.88. The minimum atomic E-state index is 0.